The number of carbonyl (C=O) groups excluding carboxylic acids is 1. The topological polar surface area (TPSA) is 62.5 Å². The second-order valence-corrected chi connectivity index (χ2v) is 5.02. The Bertz CT molecular complexity index is 860. The molecule has 23 heavy (non-hydrogen) atoms. The number of benzene rings is 2. The summed E-state index contributed by atoms with van der Waals surface area (Å²) in [5.41, 5.74) is 0.0794. The second kappa shape index (κ2) is 6.18. The second-order valence-electron chi connectivity index (χ2n) is 5.02. The van der Waals surface area contributed by atoms with Crippen LogP contribution >= 0.6 is 0 Å². The van der Waals surface area contributed by atoms with Crippen molar-refractivity contribution in [1.29, 1.82) is 0 Å². The van der Waals surface area contributed by atoms with Crippen molar-refractivity contribution in [3.8, 4) is 0 Å². The molecule has 0 aliphatic carbocycles. The predicted octanol–water partition coefficient (Wildman–Crippen LogP) is 3.17. The highest BCUT2D eigenvalue weighted by atomic mass is 19.1. The molecule has 0 bridgehead atoms. The summed E-state index contributed by atoms with van der Waals surface area (Å²) >= 11 is 0. The van der Waals surface area contributed by atoms with E-state index in [9.17, 15) is 18.7 Å². The fraction of sp³-hybridized carbons (Fsp3) is 0.118. The molecule has 6 heteroatoms. The lowest BCUT2D eigenvalue weighted by molar-refractivity contribution is 0.0889. The molecule has 0 saturated carbocycles. The third-order valence-corrected chi connectivity index (χ3v) is 3.44. The normalized spacial score (nSPS) is 12.3. The van der Waals surface area contributed by atoms with E-state index in [1.54, 1.807) is 12.1 Å². The maximum atomic E-state index is 13.5. The van der Waals surface area contributed by atoms with Crippen molar-refractivity contribution in [2.24, 2.45) is 0 Å². The Morgan fingerprint density at radius 3 is 2.61 bits per heavy atom. The average Bonchev–Trinajstić information content (AvgIpc) is 2.98. The third kappa shape index (κ3) is 3.07. The van der Waals surface area contributed by atoms with E-state index in [2.05, 4.69) is 5.32 Å². The molecule has 1 amide bonds. The summed E-state index contributed by atoms with van der Waals surface area (Å²) in [6, 6.07) is 11.5. The standard InChI is InChI=1S/C17H13F2NO3/c18-12-6-2-1-5-11(12)14(21)9-20-17(22)15-8-10-4-3-7-13(19)16(10)23-15/h1-8,14,21H,9H2,(H,20,22). The van der Waals surface area contributed by atoms with Gasteiger partial charge in [-0.15, -0.1) is 0 Å². The van der Waals surface area contributed by atoms with E-state index in [0.717, 1.165) is 0 Å². The largest absolute Gasteiger partial charge is 0.448 e. The van der Waals surface area contributed by atoms with Crippen LogP contribution in [0.25, 0.3) is 11.0 Å². The van der Waals surface area contributed by atoms with Crippen molar-refractivity contribution in [2.45, 2.75) is 6.10 Å². The molecule has 2 N–H and O–H groups in total. The van der Waals surface area contributed by atoms with Crippen LogP contribution in [-0.4, -0.2) is 17.6 Å². The summed E-state index contributed by atoms with van der Waals surface area (Å²) in [6.07, 6.45) is -1.19. The van der Waals surface area contributed by atoms with Crippen molar-refractivity contribution < 1.29 is 23.1 Å². The fourth-order valence-corrected chi connectivity index (χ4v) is 2.27. The Morgan fingerprint density at radius 2 is 1.87 bits per heavy atom. The number of furan rings is 1. The number of hydrogen-bond acceptors (Lipinski definition) is 3. The number of carbonyl (C=O) groups is 1. The molecule has 0 aliphatic heterocycles. The third-order valence-electron chi connectivity index (χ3n) is 3.44. The smallest absolute Gasteiger partial charge is 0.287 e. The molecule has 4 nitrogen and oxygen atoms in total. The highest BCUT2D eigenvalue weighted by molar-refractivity contribution is 5.96. The number of para-hydroxylation sites is 1. The SMILES string of the molecule is O=C(NCC(O)c1ccccc1F)c1cc2cccc(F)c2o1. The van der Waals surface area contributed by atoms with Crippen molar-refractivity contribution >= 4 is 16.9 Å². The average molecular weight is 317 g/mol. The van der Waals surface area contributed by atoms with Gasteiger partial charge in [-0.25, -0.2) is 8.78 Å². The van der Waals surface area contributed by atoms with Crippen LogP contribution in [0, 0.1) is 11.6 Å². The van der Waals surface area contributed by atoms with E-state index in [-0.39, 0.29) is 23.5 Å². The minimum absolute atomic E-state index is 0.00713. The number of nitrogens with one attached hydrogen (secondary N) is 1. The van der Waals surface area contributed by atoms with Crippen molar-refractivity contribution in [1.82, 2.24) is 5.32 Å². The van der Waals surface area contributed by atoms with Crippen LogP contribution in [-0.2, 0) is 0 Å². The minimum atomic E-state index is -1.19. The van der Waals surface area contributed by atoms with Gasteiger partial charge in [0.15, 0.2) is 17.2 Å². The minimum Gasteiger partial charge on any atom is -0.448 e. The highest BCUT2D eigenvalue weighted by Crippen LogP contribution is 2.22. The van der Waals surface area contributed by atoms with Gasteiger partial charge < -0.3 is 14.8 Å². The predicted molar refractivity (Wildman–Crippen MR) is 79.9 cm³/mol. The van der Waals surface area contributed by atoms with Crippen LogP contribution in [0.15, 0.2) is 52.9 Å². The summed E-state index contributed by atoms with van der Waals surface area (Å²) in [4.78, 5) is 12.0. The molecule has 3 aromatic rings. The summed E-state index contributed by atoms with van der Waals surface area (Å²) < 4.78 is 32.3. The molecule has 2 aromatic carbocycles. The molecule has 1 heterocycles. The zero-order valence-electron chi connectivity index (χ0n) is 11.9. The van der Waals surface area contributed by atoms with E-state index in [1.165, 1.54) is 36.4 Å². The molecular formula is C17H13F2NO3. The molecule has 118 valence electrons. The lowest BCUT2D eigenvalue weighted by atomic mass is 10.1. The molecular weight excluding hydrogens is 304 g/mol. The van der Waals surface area contributed by atoms with Crippen LogP contribution in [0.1, 0.15) is 22.2 Å². The van der Waals surface area contributed by atoms with Gasteiger partial charge >= 0.3 is 0 Å². The van der Waals surface area contributed by atoms with Crippen molar-refractivity contribution in [3.05, 3.63) is 71.5 Å². The van der Waals surface area contributed by atoms with Gasteiger partial charge in [0.1, 0.15) is 5.82 Å². The summed E-state index contributed by atoms with van der Waals surface area (Å²) in [5.74, 6) is -1.81. The fourth-order valence-electron chi connectivity index (χ4n) is 2.27. The number of fused-ring (bicyclic) bond motifs is 1. The van der Waals surface area contributed by atoms with Gasteiger partial charge in [-0.2, -0.15) is 0 Å². The van der Waals surface area contributed by atoms with Crippen molar-refractivity contribution in [2.75, 3.05) is 6.54 Å². The van der Waals surface area contributed by atoms with Crippen LogP contribution in [0.4, 0.5) is 8.78 Å². The number of hydrogen-bond donors (Lipinski definition) is 2. The van der Waals surface area contributed by atoms with E-state index in [0.29, 0.717) is 5.39 Å². The lowest BCUT2D eigenvalue weighted by Gasteiger charge is -2.12. The van der Waals surface area contributed by atoms with Crippen molar-refractivity contribution in [3.63, 3.8) is 0 Å². The molecule has 1 aromatic heterocycles. The number of rotatable bonds is 4. The first-order valence-electron chi connectivity index (χ1n) is 6.95. The molecule has 1 unspecified atom stereocenters. The molecule has 0 aliphatic rings. The maximum Gasteiger partial charge on any atom is 0.287 e. The summed E-state index contributed by atoms with van der Waals surface area (Å²) in [6.45, 7) is -0.195. The maximum absolute atomic E-state index is 13.5. The quantitative estimate of drug-likeness (QED) is 0.777. The number of aliphatic hydroxyl groups is 1. The Labute approximate surface area is 130 Å². The Hall–Kier alpha value is -2.73. The monoisotopic (exact) mass is 317 g/mol. The van der Waals surface area contributed by atoms with E-state index < -0.39 is 23.6 Å². The van der Waals surface area contributed by atoms with Gasteiger partial charge in [0.05, 0.1) is 6.10 Å². The van der Waals surface area contributed by atoms with Crippen LogP contribution in [0.5, 0.6) is 0 Å². The van der Waals surface area contributed by atoms with Gasteiger partial charge in [-0.1, -0.05) is 30.3 Å². The summed E-state index contributed by atoms with van der Waals surface area (Å²) in [7, 11) is 0. The Balaban J connectivity index is 1.71. The molecule has 0 spiro atoms. The molecule has 0 fully saturated rings. The van der Waals surface area contributed by atoms with Crippen LogP contribution in [0.2, 0.25) is 0 Å². The van der Waals surface area contributed by atoms with Crippen LogP contribution < -0.4 is 5.32 Å². The Morgan fingerprint density at radius 1 is 1.13 bits per heavy atom. The van der Waals surface area contributed by atoms with E-state index in [1.807, 2.05) is 0 Å². The zero-order valence-corrected chi connectivity index (χ0v) is 11.9. The molecule has 0 radical (unpaired) electrons. The first kappa shape index (κ1) is 15.2. The first-order chi connectivity index (χ1) is 11.1. The van der Waals surface area contributed by atoms with Gasteiger partial charge in [-0.05, 0) is 18.2 Å². The number of halogens is 2. The zero-order chi connectivity index (χ0) is 16.4. The van der Waals surface area contributed by atoms with Crippen LogP contribution in [0.3, 0.4) is 0 Å². The number of amides is 1. The van der Waals surface area contributed by atoms with Gasteiger partial charge in [0, 0.05) is 17.5 Å². The molecule has 3 rings (SSSR count). The van der Waals surface area contributed by atoms with E-state index >= 15 is 0 Å². The molecule has 1 atom stereocenters. The summed E-state index contributed by atoms with van der Waals surface area (Å²) in [5, 5.41) is 12.8. The number of aliphatic hydroxyl groups excluding tert-OH is 1. The lowest BCUT2D eigenvalue weighted by Crippen LogP contribution is -2.28. The van der Waals surface area contributed by atoms with Gasteiger partial charge in [0.25, 0.3) is 5.91 Å². The highest BCUT2D eigenvalue weighted by Gasteiger charge is 2.17. The first-order valence-corrected chi connectivity index (χ1v) is 6.95. The van der Waals surface area contributed by atoms with E-state index in [4.69, 9.17) is 4.42 Å². The molecule has 0 saturated heterocycles. The van der Waals surface area contributed by atoms with Gasteiger partial charge in [0.2, 0.25) is 0 Å². The van der Waals surface area contributed by atoms with Gasteiger partial charge in [-0.3, -0.25) is 4.79 Å². The Kier molecular flexibility index (Phi) is 4.08.